The molecule has 29 heavy (non-hydrogen) atoms. The van der Waals surface area contributed by atoms with Gasteiger partial charge < -0.3 is 15.6 Å². The first-order chi connectivity index (χ1) is 13.2. The Morgan fingerprint density at radius 1 is 1.17 bits per heavy atom. The van der Waals surface area contributed by atoms with Gasteiger partial charge in [0.05, 0.1) is 5.02 Å². The average Bonchev–Trinajstić information content (AvgIpc) is 3.24. The maximum absolute atomic E-state index is 12.7. The second kappa shape index (κ2) is 10.6. The molecule has 3 N–H and O–H groups in total. The molecule has 160 valence electrons. The number of nitrogens with zero attached hydrogens (tertiary/aromatic N) is 3. The number of amides is 1. The molecule has 4 rings (SSSR count). The van der Waals surface area contributed by atoms with Crippen LogP contribution in [-0.4, -0.2) is 27.2 Å². The summed E-state index contributed by atoms with van der Waals surface area (Å²) in [6.45, 7) is 1.47. The van der Waals surface area contributed by atoms with E-state index in [-0.39, 0.29) is 42.6 Å². The molecule has 1 saturated carbocycles. The molecule has 1 fully saturated rings. The minimum atomic E-state index is -0.00140. The Hall–Kier alpha value is -1.34. The van der Waals surface area contributed by atoms with Crippen LogP contribution in [0.2, 0.25) is 5.02 Å². The molecule has 1 aliphatic heterocycles. The second-order valence-corrected chi connectivity index (χ2v) is 8.03. The summed E-state index contributed by atoms with van der Waals surface area (Å²) in [6, 6.07) is 5.57. The number of hydrogen-bond acceptors (Lipinski definition) is 4. The maximum atomic E-state index is 12.7. The number of fused-ring (bicyclic) bond motifs is 1. The van der Waals surface area contributed by atoms with E-state index in [0.29, 0.717) is 11.6 Å². The fourth-order valence-corrected chi connectivity index (χ4v) is 4.56. The van der Waals surface area contributed by atoms with Gasteiger partial charge >= 0.3 is 0 Å². The summed E-state index contributed by atoms with van der Waals surface area (Å²) in [5.41, 5.74) is 7.39. The fraction of sp³-hybridized carbons (Fsp3) is 0.550. The number of nitrogens with one attached hydrogen (secondary N) is 1. The van der Waals surface area contributed by atoms with E-state index < -0.39 is 0 Å². The zero-order valence-electron chi connectivity index (χ0n) is 16.3. The molecule has 0 spiro atoms. The first-order valence-corrected chi connectivity index (χ1v) is 10.3. The van der Waals surface area contributed by atoms with Crippen molar-refractivity contribution in [2.24, 2.45) is 17.6 Å². The summed E-state index contributed by atoms with van der Waals surface area (Å²) in [4.78, 5) is 12.7. The Bertz CT molecular complexity index is 842. The van der Waals surface area contributed by atoms with Gasteiger partial charge in [-0.05, 0) is 56.3 Å². The van der Waals surface area contributed by atoms with Gasteiger partial charge in [-0.25, -0.2) is 0 Å². The van der Waals surface area contributed by atoms with Crippen LogP contribution in [-0.2, 0) is 17.8 Å². The van der Waals surface area contributed by atoms with Gasteiger partial charge in [-0.2, -0.15) is 0 Å². The number of aryl methyl sites for hydroxylation is 1. The first kappa shape index (κ1) is 23.9. The average molecular weight is 461 g/mol. The standard InChI is InChI=1S/C20H26ClN5O.2ClH/c21-17-9-8-14(23-20(27)15-6-4-5-13(15)12-22)11-16(17)19-25-24-18-7-2-1-3-10-26(18)19;;/h8-9,11,13,15H,1-7,10,12,22H2,(H,23,27);2*1H/t13-,15-;;/m1../s1. The zero-order chi connectivity index (χ0) is 18.8. The van der Waals surface area contributed by atoms with Gasteiger partial charge in [-0.15, -0.1) is 35.0 Å². The molecule has 0 saturated heterocycles. The van der Waals surface area contributed by atoms with Crippen molar-refractivity contribution in [2.75, 3.05) is 11.9 Å². The maximum Gasteiger partial charge on any atom is 0.227 e. The van der Waals surface area contributed by atoms with Crippen molar-refractivity contribution < 1.29 is 4.79 Å². The highest BCUT2D eigenvalue weighted by Crippen LogP contribution is 2.34. The van der Waals surface area contributed by atoms with E-state index in [1.807, 2.05) is 18.2 Å². The summed E-state index contributed by atoms with van der Waals surface area (Å²) in [5.74, 6) is 2.14. The fourth-order valence-electron chi connectivity index (χ4n) is 4.36. The third-order valence-corrected chi connectivity index (χ3v) is 6.21. The van der Waals surface area contributed by atoms with Crippen molar-refractivity contribution in [2.45, 2.75) is 51.5 Å². The van der Waals surface area contributed by atoms with E-state index in [2.05, 4.69) is 20.1 Å². The lowest BCUT2D eigenvalue weighted by Gasteiger charge is -2.18. The van der Waals surface area contributed by atoms with Crippen LogP contribution < -0.4 is 11.1 Å². The summed E-state index contributed by atoms with van der Waals surface area (Å²) in [6.07, 6.45) is 7.43. The predicted molar refractivity (Wildman–Crippen MR) is 121 cm³/mol. The number of carbonyl (C=O) groups is 1. The smallest absolute Gasteiger partial charge is 0.227 e. The van der Waals surface area contributed by atoms with Crippen LogP contribution in [0, 0.1) is 11.8 Å². The first-order valence-electron chi connectivity index (χ1n) is 9.90. The number of nitrogens with two attached hydrogens (primary N) is 1. The molecule has 1 aliphatic carbocycles. The van der Waals surface area contributed by atoms with Gasteiger partial charge in [0, 0.05) is 30.1 Å². The molecular formula is C20H28Cl3N5O. The number of rotatable bonds is 4. The van der Waals surface area contributed by atoms with Crippen molar-refractivity contribution in [3.05, 3.63) is 29.0 Å². The van der Waals surface area contributed by atoms with Crippen LogP contribution in [0.25, 0.3) is 11.4 Å². The van der Waals surface area contributed by atoms with Crippen molar-refractivity contribution in [3.8, 4) is 11.4 Å². The highest BCUT2D eigenvalue weighted by Gasteiger charge is 2.32. The van der Waals surface area contributed by atoms with Crippen LogP contribution in [0.3, 0.4) is 0 Å². The molecule has 0 bridgehead atoms. The monoisotopic (exact) mass is 459 g/mol. The van der Waals surface area contributed by atoms with Crippen molar-refractivity contribution in [1.29, 1.82) is 0 Å². The largest absolute Gasteiger partial charge is 0.330 e. The molecule has 2 aromatic rings. The van der Waals surface area contributed by atoms with E-state index in [1.54, 1.807) is 0 Å². The molecule has 2 heterocycles. The highest BCUT2D eigenvalue weighted by molar-refractivity contribution is 6.33. The summed E-state index contributed by atoms with van der Waals surface area (Å²) in [7, 11) is 0. The number of halogens is 3. The third kappa shape index (κ3) is 5.05. The molecule has 0 unspecified atom stereocenters. The third-order valence-electron chi connectivity index (χ3n) is 5.88. The van der Waals surface area contributed by atoms with Gasteiger partial charge in [0.2, 0.25) is 5.91 Å². The van der Waals surface area contributed by atoms with Crippen molar-refractivity contribution in [1.82, 2.24) is 14.8 Å². The van der Waals surface area contributed by atoms with Gasteiger partial charge in [-0.3, -0.25) is 4.79 Å². The number of anilines is 1. The molecular weight excluding hydrogens is 433 g/mol. The molecule has 6 nitrogen and oxygen atoms in total. The predicted octanol–water partition coefficient (Wildman–Crippen LogP) is 4.48. The lowest BCUT2D eigenvalue weighted by molar-refractivity contribution is -0.120. The van der Waals surface area contributed by atoms with Gasteiger partial charge in [-0.1, -0.05) is 24.4 Å². The number of hydrogen-bond donors (Lipinski definition) is 2. The Balaban J connectivity index is 0.00000150. The SMILES string of the molecule is Cl.Cl.NC[C@H]1CCC[C@H]1C(=O)Nc1ccc(Cl)c(-c2nnc3n2CCCCC3)c1. The van der Waals surface area contributed by atoms with Crippen LogP contribution in [0.15, 0.2) is 18.2 Å². The van der Waals surface area contributed by atoms with Gasteiger partial charge in [0.1, 0.15) is 5.82 Å². The Morgan fingerprint density at radius 2 is 2.00 bits per heavy atom. The van der Waals surface area contributed by atoms with Crippen LogP contribution in [0.4, 0.5) is 5.69 Å². The molecule has 1 amide bonds. The lowest BCUT2D eigenvalue weighted by atomic mass is 9.95. The Kier molecular flexibility index (Phi) is 8.76. The van der Waals surface area contributed by atoms with Crippen LogP contribution in [0.1, 0.15) is 44.3 Å². The lowest BCUT2D eigenvalue weighted by Crippen LogP contribution is -2.29. The van der Waals surface area contributed by atoms with Crippen molar-refractivity contribution >= 4 is 48.0 Å². The highest BCUT2D eigenvalue weighted by atomic mass is 35.5. The molecule has 0 radical (unpaired) electrons. The number of aromatic nitrogens is 3. The zero-order valence-corrected chi connectivity index (χ0v) is 18.7. The van der Waals surface area contributed by atoms with Crippen LogP contribution >= 0.6 is 36.4 Å². The van der Waals surface area contributed by atoms with E-state index in [1.165, 1.54) is 6.42 Å². The normalized spacial score (nSPS) is 20.8. The number of benzene rings is 1. The molecule has 2 aliphatic rings. The van der Waals surface area contributed by atoms with Gasteiger partial charge in [0.25, 0.3) is 0 Å². The number of carbonyl (C=O) groups excluding carboxylic acids is 1. The molecule has 1 aromatic carbocycles. The minimum absolute atomic E-state index is 0. The van der Waals surface area contributed by atoms with E-state index in [4.69, 9.17) is 17.3 Å². The summed E-state index contributed by atoms with van der Waals surface area (Å²) >= 11 is 6.47. The quantitative estimate of drug-likeness (QED) is 0.704. The van der Waals surface area contributed by atoms with E-state index in [9.17, 15) is 4.79 Å². The van der Waals surface area contributed by atoms with Crippen molar-refractivity contribution in [3.63, 3.8) is 0 Å². The molecule has 2 atom stereocenters. The Morgan fingerprint density at radius 3 is 2.79 bits per heavy atom. The topological polar surface area (TPSA) is 85.8 Å². The second-order valence-electron chi connectivity index (χ2n) is 7.62. The minimum Gasteiger partial charge on any atom is -0.330 e. The van der Waals surface area contributed by atoms with E-state index in [0.717, 1.165) is 68.0 Å². The molecule has 1 aromatic heterocycles. The van der Waals surface area contributed by atoms with Gasteiger partial charge in [0.15, 0.2) is 5.82 Å². The summed E-state index contributed by atoms with van der Waals surface area (Å²) in [5, 5.41) is 12.4. The summed E-state index contributed by atoms with van der Waals surface area (Å²) < 4.78 is 2.17. The Labute approximate surface area is 188 Å². The van der Waals surface area contributed by atoms with E-state index >= 15 is 0 Å². The molecule has 9 heteroatoms. The van der Waals surface area contributed by atoms with Crippen LogP contribution in [0.5, 0.6) is 0 Å².